The summed E-state index contributed by atoms with van der Waals surface area (Å²) in [5, 5.41) is 2.99. The van der Waals surface area contributed by atoms with Crippen LogP contribution in [0, 0.1) is 6.92 Å². The van der Waals surface area contributed by atoms with Crippen molar-refractivity contribution in [3.05, 3.63) is 120 Å². The van der Waals surface area contributed by atoms with Crippen LogP contribution in [0.1, 0.15) is 42.5 Å². The number of nitrogens with zero attached hydrogens (tertiary/aromatic N) is 3. The van der Waals surface area contributed by atoms with Crippen molar-refractivity contribution in [1.29, 1.82) is 0 Å². The molecule has 0 unspecified atom stereocenters. The third kappa shape index (κ3) is 5.23. The number of para-hydroxylation sites is 1. The number of hydrogen-bond donors (Lipinski definition) is 1. The number of thiazole rings is 1. The van der Waals surface area contributed by atoms with Crippen molar-refractivity contribution in [3.63, 3.8) is 0 Å². The van der Waals surface area contributed by atoms with Crippen LogP contribution in [0.15, 0.2) is 93.9 Å². The van der Waals surface area contributed by atoms with Gasteiger partial charge in [0.2, 0.25) is 0 Å². The quantitative estimate of drug-likeness (QED) is 0.365. The highest BCUT2D eigenvalue weighted by atomic mass is 32.1. The predicted octanol–water partition coefficient (Wildman–Crippen LogP) is 4.79. The molecule has 1 fully saturated rings. The second-order valence-electron chi connectivity index (χ2n) is 10.4. The number of aryl methyl sites for hydroxylation is 1. The smallest absolute Gasteiger partial charge is 0.271 e. The highest BCUT2D eigenvalue weighted by Crippen LogP contribution is 2.32. The number of aromatic nitrogens is 1. The molecule has 1 N–H and O–H groups in total. The molecule has 2 aliphatic heterocycles. The van der Waals surface area contributed by atoms with E-state index in [4.69, 9.17) is 9.73 Å². The molecule has 208 valence electrons. The maximum absolute atomic E-state index is 14.1. The highest BCUT2D eigenvalue weighted by Gasteiger charge is 2.32. The van der Waals surface area contributed by atoms with Crippen molar-refractivity contribution < 1.29 is 9.53 Å². The average molecular weight is 565 g/mol. The van der Waals surface area contributed by atoms with Crippen LogP contribution in [0.5, 0.6) is 5.75 Å². The number of hydrogen-bond acceptors (Lipinski definition) is 6. The van der Waals surface area contributed by atoms with Crippen molar-refractivity contribution in [1.82, 2.24) is 4.57 Å². The van der Waals surface area contributed by atoms with Gasteiger partial charge in [0, 0.05) is 24.5 Å². The van der Waals surface area contributed by atoms with Crippen molar-refractivity contribution >= 4 is 34.7 Å². The largest absolute Gasteiger partial charge is 0.497 e. The number of anilines is 2. The number of amides is 1. The zero-order valence-electron chi connectivity index (χ0n) is 23.4. The van der Waals surface area contributed by atoms with E-state index in [9.17, 15) is 9.59 Å². The Hall–Kier alpha value is -4.43. The molecule has 6 rings (SSSR count). The summed E-state index contributed by atoms with van der Waals surface area (Å²) in [6, 6.07) is 22.6. The summed E-state index contributed by atoms with van der Waals surface area (Å²) in [6.45, 7) is 6.07. The van der Waals surface area contributed by atoms with Crippen LogP contribution >= 0.6 is 11.3 Å². The Kier molecular flexibility index (Phi) is 7.32. The van der Waals surface area contributed by atoms with E-state index in [1.165, 1.54) is 29.9 Å². The van der Waals surface area contributed by atoms with E-state index < -0.39 is 6.04 Å². The van der Waals surface area contributed by atoms with E-state index in [1.807, 2.05) is 67.6 Å². The maximum atomic E-state index is 14.1. The SMILES string of the molecule is COc1cccc([C@H]2C(C(=O)Nc3ccccc3)=C(C)N=c3s/c(=C/c4ccc(N5CCCC5)cc4C)c(=O)n32)c1. The third-order valence-corrected chi connectivity index (χ3v) is 8.70. The highest BCUT2D eigenvalue weighted by molar-refractivity contribution is 7.07. The minimum Gasteiger partial charge on any atom is -0.497 e. The van der Waals surface area contributed by atoms with Crippen LogP contribution < -0.4 is 29.8 Å². The monoisotopic (exact) mass is 564 g/mol. The van der Waals surface area contributed by atoms with Crippen LogP contribution in [0.4, 0.5) is 11.4 Å². The van der Waals surface area contributed by atoms with Gasteiger partial charge in [-0.15, -0.1) is 0 Å². The molecule has 0 spiro atoms. The second kappa shape index (κ2) is 11.2. The van der Waals surface area contributed by atoms with Gasteiger partial charge in [0.1, 0.15) is 5.75 Å². The first kappa shape index (κ1) is 26.8. The number of methoxy groups -OCH3 is 1. The number of benzene rings is 3. The molecule has 0 radical (unpaired) electrons. The lowest BCUT2D eigenvalue weighted by Crippen LogP contribution is -2.40. The molecule has 3 aromatic carbocycles. The molecule has 1 amide bonds. The maximum Gasteiger partial charge on any atom is 0.271 e. The Morgan fingerprint density at radius 1 is 1.02 bits per heavy atom. The van der Waals surface area contributed by atoms with E-state index in [0.717, 1.165) is 29.8 Å². The molecule has 1 atom stereocenters. The lowest BCUT2D eigenvalue weighted by Gasteiger charge is -2.25. The van der Waals surface area contributed by atoms with Gasteiger partial charge < -0.3 is 15.0 Å². The summed E-state index contributed by atoms with van der Waals surface area (Å²) >= 11 is 1.35. The van der Waals surface area contributed by atoms with Gasteiger partial charge in [-0.25, -0.2) is 4.99 Å². The van der Waals surface area contributed by atoms with E-state index in [2.05, 4.69) is 35.3 Å². The first-order valence-electron chi connectivity index (χ1n) is 13.8. The summed E-state index contributed by atoms with van der Waals surface area (Å²) in [5.41, 5.74) is 5.60. The Morgan fingerprint density at radius 2 is 1.80 bits per heavy atom. The van der Waals surface area contributed by atoms with Crippen LogP contribution in [-0.2, 0) is 4.79 Å². The van der Waals surface area contributed by atoms with Crippen LogP contribution in [0.2, 0.25) is 0 Å². The molecule has 0 saturated carbocycles. The van der Waals surface area contributed by atoms with E-state index >= 15 is 0 Å². The Balaban J connectivity index is 1.46. The standard InChI is InChI=1S/C33H32N4O3S/c1-21-18-26(36-16-7-8-17-36)15-14-23(21)20-28-32(39)37-30(24-10-9-13-27(19-24)40-3)29(22(2)34-33(37)41-28)31(38)35-25-11-5-4-6-12-25/h4-6,9-15,18-20,30H,7-8,16-17H2,1-3H3,(H,35,38)/b28-20+/t30-/m0/s1. The third-order valence-electron chi connectivity index (χ3n) is 7.72. The molecule has 1 aromatic heterocycles. The van der Waals surface area contributed by atoms with Gasteiger partial charge >= 0.3 is 0 Å². The van der Waals surface area contributed by atoms with Gasteiger partial charge in [0.25, 0.3) is 11.5 Å². The normalized spacial score (nSPS) is 16.9. The second-order valence-corrected chi connectivity index (χ2v) is 11.4. The summed E-state index contributed by atoms with van der Waals surface area (Å²) < 4.78 is 7.71. The van der Waals surface area contributed by atoms with Crippen molar-refractivity contribution in [2.75, 3.05) is 30.4 Å². The first-order valence-corrected chi connectivity index (χ1v) is 14.6. The molecular weight excluding hydrogens is 532 g/mol. The molecule has 4 aromatic rings. The summed E-state index contributed by atoms with van der Waals surface area (Å²) in [7, 11) is 1.60. The minimum absolute atomic E-state index is 0.179. The number of carbonyl (C=O) groups is 1. The van der Waals surface area contributed by atoms with Gasteiger partial charge in [-0.2, -0.15) is 0 Å². The van der Waals surface area contributed by atoms with Crippen molar-refractivity contribution in [3.8, 4) is 5.75 Å². The van der Waals surface area contributed by atoms with Crippen molar-refractivity contribution in [2.45, 2.75) is 32.7 Å². The summed E-state index contributed by atoms with van der Waals surface area (Å²) in [4.78, 5) is 35.5. The fourth-order valence-corrected chi connectivity index (χ4v) is 6.63. The number of nitrogens with one attached hydrogen (secondary N) is 1. The molecule has 1 saturated heterocycles. The number of carbonyl (C=O) groups excluding carboxylic acids is 1. The van der Waals surface area contributed by atoms with Crippen molar-refractivity contribution in [2.24, 2.45) is 4.99 Å². The van der Waals surface area contributed by atoms with E-state index in [0.29, 0.717) is 32.0 Å². The molecule has 8 heteroatoms. The number of fused-ring (bicyclic) bond motifs is 1. The van der Waals surface area contributed by atoms with Gasteiger partial charge in [0.15, 0.2) is 4.80 Å². The lowest BCUT2D eigenvalue weighted by molar-refractivity contribution is -0.113. The fraction of sp³-hybridized carbons (Fsp3) is 0.242. The number of ether oxygens (including phenoxy) is 1. The molecule has 3 heterocycles. The molecule has 0 bridgehead atoms. The first-order chi connectivity index (χ1) is 19.9. The molecule has 41 heavy (non-hydrogen) atoms. The zero-order valence-corrected chi connectivity index (χ0v) is 24.2. The summed E-state index contributed by atoms with van der Waals surface area (Å²) in [5.74, 6) is 0.351. The Morgan fingerprint density at radius 3 is 2.54 bits per heavy atom. The van der Waals surface area contributed by atoms with E-state index in [1.54, 1.807) is 11.7 Å². The zero-order chi connectivity index (χ0) is 28.5. The van der Waals surface area contributed by atoms with Crippen LogP contribution in [-0.4, -0.2) is 30.7 Å². The van der Waals surface area contributed by atoms with E-state index in [-0.39, 0.29) is 11.5 Å². The molecular formula is C33H32N4O3S. The Bertz CT molecular complexity index is 1830. The average Bonchev–Trinajstić information content (AvgIpc) is 3.62. The predicted molar refractivity (Wildman–Crippen MR) is 164 cm³/mol. The Labute approximate surface area is 242 Å². The molecule has 7 nitrogen and oxygen atoms in total. The number of rotatable bonds is 6. The summed E-state index contributed by atoms with van der Waals surface area (Å²) in [6.07, 6.45) is 4.39. The van der Waals surface area contributed by atoms with Gasteiger partial charge in [0.05, 0.1) is 29.0 Å². The molecule has 2 aliphatic rings. The van der Waals surface area contributed by atoms with Crippen LogP contribution in [0.25, 0.3) is 6.08 Å². The van der Waals surface area contributed by atoms with Gasteiger partial charge in [-0.05, 0) is 85.9 Å². The topological polar surface area (TPSA) is 75.9 Å². The lowest BCUT2D eigenvalue weighted by atomic mass is 9.95. The van der Waals surface area contributed by atoms with Crippen LogP contribution in [0.3, 0.4) is 0 Å². The van der Waals surface area contributed by atoms with Gasteiger partial charge in [-0.3, -0.25) is 14.2 Å². The molecule has 0 aliphatic carbocycles. The minimum atomic E-state index is -0.661. The van der Waals surface area contributed by atoms with Gasteiger partial charge in [-0.1, -0.05) is 47.7 Å². The number of allylic oxidation sites excluding steroid dienone is 1. The fourth-order valence-electron chi connectivity index (χ4n) is 5.59.